The van der Waals surface area contributed by atoms with Crippen molar-refractivity contribution in [3.63, 3.8) is 0 Å². The predicted octanol–water partition coefficient (Wildman–Crippen LogP) is 3.16. The summed E-state index contributed by atoms with van der Waals surface area (Å²) in [5, 5.41) is 0.270. The molecule has 2 aromatic heterocycles. The van der Waals surface area contributed by atoms with Crippen molar-refractivity contribution < 1.29 is 4.79 Å². The van der Waals surface area contributed by atoms with Gasteiger partial charge in [0.05, 0.1) is 0 Å². The molecule has 0 bridgehead atoms. The molecule has 2 rings (SSSR count). The number of nitrogens with zero attached hydrogens (tertiary/aromatic N) is 2. The average Bonchev–Trinajstić information content (AvgIpc) is 2.60. The molecule has 0 fully saturated rings. The van der Waals surface area contributed by atoms with Crippen LogP contribution in [0.5, 0.6) is 0 Å². The number of carbonyl (C=O) groups is 1. The smallest absolute Gasteiger partial charge is 0.163 e. The van der Waals surface area contributed by atoms with Gasteiger partial charge >= 0.3 is 0 Å². The van der Waals surface area contributed by atoms with E-state index in [1.807, 2.05) is 12.1 Å². The van der Waals surface area contributed by atoms with Crippen LogP contribution >= 0.6 is 34.7 Å². The predicted molar refractivity (Wildman–Crippen MR) is 60.9 cm³/mol. The number of pyridine rings is 1. The minimum Gasteiger partial charge on any atom is -0.297 e. The van der Waals surface area contributed by atoms with Gasteiger partial charge in [0.1, 0.15) is 4.88 Å². The topological polar surface area (TPSA) is 42.9 Å². The van der Waals surface area contributed by atoms with Crippen molar-refractivity contribution in [2.45, 2.75) is 9.24 Å². The van der Waals surface area contributed by atoms with Crippen LogP contribution in [0.3, 0.4) is 0 Å². The number of thiazole rings is 1. The van der Waals surface area contributed by atoms with Gasteiger partial charge in [-0.15, -0.1) is 11.3 Å². The summed E-state index contributed by atoms with van der Waals surface area (Å²) in [6.45, 7) is 0. The van der Waals surface area contributed by atoms with E-state index in [1.165, 1.54) is 23.1 Å². The quantitative estimate of drug-likeness (QED) is 0.792. The molecule has 0 saturated carbocycles. The number of aldehydes is 1. The molecule has 0 atom stereocenters. The highest BCUT2D eigenvalue weighted by Gasteiger charge is 2.09. The lowest BCUT2D eigenvalue weighted by Crippen LogP contribution is -1.73. The van der Waals surface area contributed by atoms with E-state index in [-0.39, 0.29) is 5.15 Å². The molecule has 0 aliphatic heterocycles. The number of halogens is 1. The number of carbonyl (C=O) groups excluding carboxylic acids is 1. The van der Waals surface area contributed by atoms with Gasteiger partial charge in [0, 0.05) is 17.3 Å². The van der Waals surface area contributed by atoms with Crippen molar-refractivity contribution in [3.8, 4) is 0 Å². The second kappa shape index (κ2) is 4.74. The Morgan fingerprint density at radius 1 is 1.40 bits per heavy atom. The van der Waals surface area contributed by atoms with E-state index in [2.05, 4.69) is 9.97 Å². The third kappa shape index (κ3) is 2.56. The minimum atomic E-state index is 0.270. The van der Waals surface area contributed by atoms with Gasteiger partial charge in [0.2, 0.25) is 0 Å². The van der Waals surface area contributed by atoms with Crippen LogP contribution in [0, 0.1) is 0 Å². The Morgan fingerprint density at radius 2 is 2.13 bits per heavy atom. The first-order valence-electron chi connectivity index (χ1n) is 3.99. The molecular formula is C9H5ClN2OS2. The zero-order valence-electron chi connectivity index (χ0n) is 7.38. The van der Waals surface area contributed by atoms with Gasteiger partial charge in [-0.05, 0) is 12.1 Å². The fourth-order valence-electron chi connectivity index (χ4n) is 0.918. The number of rotatable bonds is 3. The summed E-state index contributed by atoms with van der Waals surface area (Å²) in [6, 6.07) is 3.75. The highest BCUT2D eigenvalue weighted by molar-refractivity contribution is 8.01. The molecule has 0 amide bonds. The van der Waals surface area contributed by atoms with Crippen molar-refractivity contribution in [1.29, 1.82) is 0 Å². The van der Waals surface area contributed by atoms with Crippen LogP contribution in [0.15, 0.2) is 33.8 Å². The second-order valence-electron chi connectivity index (χ2n) is 2.54. The van der Waals surface area contributed by atoms with Crippen molar-refractivity contribution >= 4 is 41.0 Å². The van der Waals surface area contributed by atoms with E-state index in [0.717, 1.165) is 15.5 Å². The maximum Gasteiger partial charge on any atom is 0.163 e. The standard InChI is InChI=1S/C9H5ClN2OS2/c10-8-7(5-13)15-9(12-8)14-6-1-3-11-4-2-6/h1-5H. The van der Waals surface area contributed by atoms with Gasteiger partial charge in [-0.1, -0.05) is 23.4 Å². The summed E-state index contributed by atoms with van der Waals surface area (Å²) in [6.07, 6.45) is 4.13. The zero-order chi connectivity index (χ0) is 10.7. The summed E-state index contributed by atoms with van der Waals surface area (Å²) in [7, 11) is 0. The lowest BCUT2D eigenvalue weighted by molar-refractivity contribution is 0.112. The molecule has 0 aliphatic carbocycles. The van der Waals surface area contributed by atoms with E-state index in [4.69, 9.17) is 11.6 Å². The Labute approximate surface area is 99.5 Å². The van der Waals surface area contributed by atoms with Crippen molar-refractivity contribution in [2.24, 2.45) is 0 Å². The number of hydrogen-bond donors (Lipinski definition) is 0. The number of hydrogen-bond acceptors (Lipinski definition) is 5. The summed E-state index contributed by atoms with van der Waals surface area (Å²) < 4.78 is 0.758. The maximum atomic E-state index is 10.6. The molecule has 0 aliphatic rings. The highest BCUT2D eigenvalue weighted by atomic mass is 35.5. The summed E-state index contributed by atoms with van der Waals surface area (Å²) in [4.78, 5) is 20.0. The van der Waals surface area contributed by atoms with Crippen LogP contribution in [0.1, 0.15) is 9.67 Å². The Morgan fingerprint density at radius 3 is 2.73 bits per heavy atom. The first kappa shape index (κ1) is 10.6. The van der Waals surface area contributed by atoms with Crippen LogP contribution in [0.2, 0.25) is 5.15 Å². The van der Waals surface area contributed by atoms with Crippen LogP contribution in [0.25, 0.3) is 0 Å². The molecular weight excluding hydrogens is 252 g/mol. The van der Waals surface area contributed by atoms with E-state index in [0.29, 0.717) is 4.88 Å². The Balaban J connectivity index is 2.21. The van der Waals surface area contributed by atoms with Crippen LogP contribution < -0.4 is 0 Å². The lowest BCUT2D eigenvalue weighted by atomic mass is 10.5. The minimum absolute atomic E-state index is 0.270. The van der Waals surface area contributed by atoms with Crippen molar-refractivity contribution in [2.75, 3.05) is 0 Å². The van der Waals surface area contributed by atoms with E-state index >= 15 is 0 Å². The van der Waals surface area contributed by atoms with E-state index in [9.17, 15) is 4.79 Å². The molecule has 0 saturated heterocycles. The Bertz CT molecular complexity index is 472. The first-order chi connectivity index (χ1) is 7.29. The first-order valence-corrected chi connectivity index (χ1v) is 6.00. The maximum absolute atomic E-state index is 10.6. The normalized spacial score (nSPS) is 10.2. The van der Waals surface area contributed by atoms with Gasteiger partial charge < -0.3 is 0 Å². The molecule has 0 aromatic carbocycles. The van der Waals surface area contributed by atoms with Crippen LogP contribution in [0.4, 0.5) is 0 Å². The molecule has 15 heavy (non-hydrogen) atoms. The molecule has 2 heterocycles. The summed E-state index contributed by atoms with van der Waals surface area (Å²) >= 11 is 8.50. The average molecular weight is 257 g/mol. The lowest BCUT2D eigenvalue weighted by Gasteiger charge is -1.94. The Kier molecular flexibility index (Phi) is 3.35. The van der Waals surface area contributed by atoms with Gasteiger partial charge in [-0.3, -0.25) is 9.78 Å². The van der Waals surface area contributed by atoms with Crippen molar-refractivity contribution in [1.82, 2.24) is 9.97 Å². The number of aromatic nitrogens is 2. The summed E-state index contributed by atoms with van der Waals surface area (Å²) in [5.41, 5.74) is 0. The molecule has 2 aromatic rings. The van der Waals surface area contributed by atoms with Crippen LogP contribution in [-0.4, -0.2) is 16.3 Å². The van der Waals surface area contributed by atoms with E-state index < -0.39 is 0 Å². The van der Waals surface area contributed by atoms with Crippen molar-refractivity contribution in [3.05, 3.63) is 34.6 Å². The second-order valence-corrected chi connectivity index (χ2v) is 5.25. The van der Waals surface area contributed by atoms with Crippen LogP contribution in [-0.2, 0) is 0 Å². The molecule has 0 N–H and O–H groups in total. The zero-order valence-corrected chi connectivity index (χ0v) is 9.77. The molecule has 0 spiro atoms. The van der Waals surface area contributed by atoms with Gasteiger partial charge in [0.15, 0.2) is 15.8 Å². The van der Waals surface area contributed by atoms with E-state index in [1.54, 1.807) is 12.4 Å². The van der Waals surface area contributed by atoms with Gasteiger partial charge in [-0.25, -0.2) is 4.98 Å². The van der Waals surface area contributed by atoms with Gasteiger partial charge in [0.25, 0.3) is 0 Å². The molecule has 76 valence electrons. The third-order valence-electron chi connectivity index (χ3n) is 1.55. The Hall–Kier alpha value is -0.910. The molecule has 0 radical (unpaired) electrons. The van der Waals surface area contributed by atoms with Gasteiger partial charge in [-0.2, -0.15) is 0 Å². The SMILES string of the molecule is O=Cc1sc(Sc2ccncc2)nc1Cl. The highest BCUT2D eigenvalue weighted by Crippen LogP contribution is 2.33. The molecule has 6 heteroatoms. The molecule has 3 nitrogen and oxygen atoms in total. The monoisotopic (exact) mass is 256 g/mol. The fraction of sp³-hybridized carbons (Fsp3) is 0. The largest absolute Gasteiger partial charge is 0.297 e. The fourth-order valence-corrected chi connectivity index (χ4v) is 3.09. The molecule has 0 unspecified atom stereocenters. The third-order valence-corrected chi connectivity index (χ3v) is 4.00. The summed E-state index contributed by atoms with van der Waals surface area (Å²) in [5.74, 6) is 0.